The first-order chi connectivity index (χ1) is 11.9. The smallest absolute Gasteiger partial charge is 0.279 e. The van der Waals surface area contributed by atoms with E-state index in [9.17, 15) is 14.6 Å². The van der Waals surface area contributed by atoms with E-state index in [4.69, 9.17) is 16.3 Å². The van der Waals surface area contributed by atoms with Crippen LogP contribution in [-0.4, -0.2) is 35.4 Å². The Balaban J connectivity index is 1.80. The third-order valence-electron chi connectivity index (χ3n) is 3.58. The summed E-state index contributed by atoms with van der Waals surface area (Å²) >= 11 is 5.97. The van der Waals surface area contributed by atoms with Crippen LogP contribution in [0.3, 0.4) is 0 Å². The highest BCUT2D eigenvalue weighted by molar-refractivity contribution is 7.64. The number of hydrogen-bond donors (Lipinski definition) is 3. The number of nitrogens with one attached hydrogen (secondary N) is 1. The Hall–Kier alpha value is -1.49. The summed E-state index contributed by atoms with van der Waals surface area (Å²) in [5.74, 6) is 0.348. The lowest BCUT2D eigenvalue weighted by Crippen LogP contribution is -2.26. The van der Waals surface area contributed by atoms with Gasteiger partial charge in [0.25, 0.3) is 7.72 Å². The van der Waals surface area contributed by atoms with Crippen LogP contribution in [0.5, 0.6) is 5.75 Å². The average Bonchev–Trinajstić information content (AvgIpc) is 2.56. The third kappa shape index (κ3) is 6.73. The summed E-state index contributed by atoms with van der Waals surface area (Å²) in [7, 11) is -1.74. The molecule has 0 unspecified atom stereocenters. The van der Waals surface area contributed by atoms with Crippen LogP contribution in [0, 0.1) is 0 Å². The SMILES string of the molecule is COc1cc(CNCC(=O)C[P+](O)(O)Cc2ccccc2)ccc1Cl. The fourth-order valence-corrected chi connectivity index (χ4v) is 4.21. The lowest BCUT2D eigenvalue weighted by Gasteiger charge is -2.12. The highest BCUT2D eigenvalue weighted by Crippen LogP contribution is 2.52. The first-order valence-electron chi connectivity index (χ1n) is 7.81. The molecule has 7 heteroatoms. The van der Waals surface area contributed by atoms with Gasteiger partial charge in [0.1, 0.15) is 11.9 Å². The fraction of sp³-hybridized carbons (Fsp3) is 0.278. The zero-order valence-corrected chi connectivity index (χ0v) is 15.6. The molecular weight excluding hydrogens is 361 g/mol. The third-order valence-corrected chi connectivity index (χ3v) is 5.62. The molecule has 25 heavy (non-hydrogen) atoms. The zero-order chi connectivity index (χ0) is 18.3. The van der Waals surface area contributed by atoms with Crippen molar-refractivity contribution in [1.82, 2.24) is 5.32 Å². The highest BCUT2D eigenvalue weighted by atomic mass is 35.5. The lowest BCUT2D eigenvalue weighted by atomic mass is 10.2. The molecule has 0 atom stereocenters. The first-order valence-corrected chi connectivity index (χ1v) is 10.3. The van der Waals surface area contributed by atoms with E-state index in [0.717, 1.165) is 11.1 Å². The molecule has 0 heterocycles. The van der Waals surface area contributed by atoms with Crippen molar-refractivity contribution in [2.45, 2.75) is 12.7 Å². The fourth-order valence-electron chi connectivity index (χ4n) is 2.43. The second-order valence-electron chi connectivity index (χ2n) is 5.79. The second-order valence-corrected chi connectivity index (χ2v) is 8.59. The quantitative estimate of drug-likeness (QED) is 0.581. The number of ether oxygens (including phenoxy) is 1. The number of carbonyl (C=O) groups excluding carboxylic acids is 1. The number of benzene rings is 2. The monoisotopic (exact) mass is 382 g/mol. The van der Waals surface area contributed by atoms with Gasteiger partial charge in [-0.05, 0) is 23.3 Å². The average molecular weight is 383 g/mol. The van der Waals surface area contributed by atoms with Gasteiger partial charge in [-0.3, -0.25) is 4.79 Å². The second kappa shape index (κ2) is 9.27. The maximum Gasteiger partial charge on any atom is 0.279 e. The van der Waals surface area contributed by atoms with Crippen molar-refractivity contribution in [3.8, 4) is 5.75 Å². The summed E-state index contributed by atoms with van der Waals surface area (Å²) in [6.45, 7) is 0.531. The molecule has 134 valence electrons. The molecule has 0 saturated heterocycles. The van der Waals surface area contributed by atoms with Crippen molar-refractivity contribution in [2.75, 3.05) is 19.8 Å². The Morgan fingerprint density at radius 2 is 1.88 bits per heavy atom. The molecule has 0 aliphatic carbocycles. The molecule has 3 N–H and O–H groups in total. The minimum Gasteiger partial charge on any atom is -0.495 e. The minimum atomic E-state index is -3.28. The van der Waals surface area contributed by atoms with Gasteiger partial charge < -0.3 is 10.1 Å². The lowest BCUT2D eigenvalue weighted by molar-refractivity contribution is -0.116. The van der Waals surface area contributed by atoms with Gasteiger partial charge in [0.2, 0.25) is 0 Å². The molecule has 0 fully saturated rings. The van der Waals surface area contributed by atoms with E-state index >= 15 is 0 Å². The summed E-state index contributed by atoms with van der Waals surface area (Å²) < 4.78 is 5.15. The zero-order valence-electron chi connectivity index (χ0n) is 14.0. The Labute approximate surface area is 153 Å². The number of rotatable bonds is 9. The molecular formula is C18H22ClNO4P+. The van der Waals surface area contributed by atoms with E-state index < -0.39 is 7.72 Å². The maximum absolute atomic E-state index is 12.0. The number of methoxy groups -OCH3 is 1. The van der Waals surface area contributed by atoms with Crippen LogP contribution < -0.4 is 10.1 Å². The van der Waals surface area contributed by atoms with E-state index in [2.05, 4.69) is 5.32 Å². The molecule has 0 aliphatic rings. The molecule has 0 aliphatic heterocycles. The van der Waals surface area contributed by atoms with Crippen LogP contribution in [0.1, 0.15) is 11.1 Å². The van der Waals surface area contributed by atoms with Gasteiger partial charge in [0.05, 0.1) is 18.7 Å². The van der Waals surface area contributed by atoms with E-state index in [-0.39, 0.29) is 24.7 Å². The maximum atomic E-state index is 12.0. The molecule has 0 saturated carbocycles. The molecule has 0 radical (unpaired) electrons. The molecule has 0 bridgehead atoms. The van der Waals surface area contributed by atoms with Crippen LogP contribution in [0.4, 0.5) is 0 Å². The van der Waals surface area contributed by atoms with E-state index in [0.29, 0.717) is 17.3 Å². The van der Waals surface area contributed by atoms with Crippen LogP contribution >= 0.6 is 19.3 Å². The molecule has 5 nitrogen and oxygen atoms in total. The van der Waals surface area contributed by atoms with Crippen molar-refractivity contribution in [2.24, 2.45) is 0 Å². The minimum absolute atomic E-state index is 0.0720. The topological polar surface area (TPSA) is 78.8 Å². The van der Waals surface area contributed by atoms with Crippen molar-refractivity contribution < 1.29 is 19.3 Å². The van der Waals surface area contributed by atoms with Crippen molar-refractivity contribution in [3.05, 3.63) is 64.7 Å². The molecule has 0 amide bonds. The van der Waals surface area contributed by atoms with Gasteiger partial charge in [-0.25, -0.2) is 9.79 Å². The van der Waals surface area contributed by atoms with Crippen LogP contribution in [0.25, 0.3) is 0 Å². The van der Waals surface area contributed by atoms with Gasteiger partial charge >= 0.3 is 0 Å². The predicted molar refractivity (Wildman–Crippen MR) is 101 cm³/mol. The van der Waals surface area contributed by atoms with Crippen molar-refractivity contribution >= 4 is 25.1 Å². The van der Waals surface area contributed by atoms with Crippen molar-refractivity contribution in [1.29, 1.82) is 0 Å². The Morgan fingerprint density at radius 1 is 1.16 bits per heavy atom. The van der Waals surface area contributed by atoms with E-state index in [1.807, 2.05) is 36.4 Å². The molecule has 2 aromatic rings. The van der Waals surface area contributed by atoms with Gasteiger partial charge in [0, 0.05) is 6.54 Å². The molecule has 2 rings (SSSR count). The highest BCUT2D eigenvalue weighted by Gasteiger charge is 2.36. The summed E-state index contributed by atoms with van der Waals surface area (Å²) in [6.07, 6.45) is -0.104. The first kappa shape index (κ1) is 19.8. The number of halogens is 1. The largest absolute Gasteiger partial charge is 0.495 e. The summed E-state index contributed by atoms with van der Waals surface area (Å²) in [5.41, 5.74) is 1.74. The molecule has 2 aromatic carbocycles. The normalized spacial score (nSPS) is 11.4. The Kier molecular flexibility index (Phi) is 7.36. The Bertz CT molecular complexity index is 709. The number of Topliss-reactive ketones (excluding diaryl/α,β-unsaturated/α-hetero) is 1. The number of hydrogen-bond acceptors (Lipinski definition) is 5. The standard InChI is InChI=1S/C18H22ClNO4P/c1-24-18-9-15(7-8-17(18)19)10-20-11-16(21)13-25(22,23)12-14-5-3-2-4-6-14/h2-9,20,22-23H,10-13H2,1H3/q+1. The summed E-state index contributed by atoms with van der Waals surface area (Å²) in [5, 5.41) is 3.53. The van der Waals surface area contributed by atoms with Crippen LogP contribution in [0.2, 0.25) is 5.02 Å². The van der Waals surface area contributed by atoms with Crippen LogP contribution in [-0.2, 0) is 17.5 Å². The van der Waals surface area contributed by atoms with Crippen molar-refractivity contribution in [3.63, 3.8) is 0 Å². The number of carbonyl (C=O) groups is 1. The summed E-state index contributed by atoms with van der Waals surface area (Å²) in [4.78, 5) is 32.3. The van der Waals surface area contributed by atoms with Gasteiger partial charge in [-0.2, -0.15) is 0 Å². The van der Waals surface area contributed by atoms with Gasteiger partial charge in [-0.15, -0.1) is 0 Å². The van der Waals surface area contributed by atoms with Crippen LogP contribution in [0.15, 0.2) is 48.5 Å². The Morgan fingerprint density at radius 3 is 2.56 bits per heavy atom. The molecule has 0 aromatic heterocycles. The summed E-state index contributed by atoms with van der Waals surface area (Å²) in [6, 6.07) is 14.5. The predicted octanol–water partition coefficient (Wildman–Crippen LogP) is 3.04. The van der Waals surface area contributed by atoms with E-state index in [1.165, 1.54) is 0 Å². The number of ketones is 1. The van der Waals surface area contributed by atoms with E-state index in [1.54, 1.807) is 19.2 Å². The van der Waals surface area contributed by atoms with Gasteiger partial charge in [-0.1, -0.05) is 48.0 Å². The molecule has 0 spiro atoms. The van der Waals surface area contributed by atoms with Gasteiger partial charge in [0.15, 0.2) is 11.9 Å².